The summed E-state index contributed by atoms with van der Waals surface area (Å²) >= 11 is 15.7. The summed E-state index contributed by atoms with van der Waals surface area (Å²) in [6.07, 6.45) is 0.924. The van der Waals surface area contributed by atoms with Crippen molar-refractivity contribution in [2.45, 2.75) is 11.2 Å². The van der Waals surface area contributed by atoms with Crippen LogP contribution in [-0.2, 0) is 6.42 Å². The summed E-state index contributed by atoms with van der Waals surface area (Å²) in [6, 6.07) is 14.3. The zero-order chi connectivity index (χ0) is 13.1. The van der Waals surface area contributed by atoms with Gasteiger partial charge < -0.3 is 0 Å². The Morgan fingerprint density at radius 2 is 1.94 bits per heavy atom. The van der Waals surface area contributed by atoms with E-state index in [1.807, 2.05) is 18.2 Å². The van der Waals surface area contributed by atoms with Gasteiger partial charge in [0, 0.05) is 17.9 Å². The maximum atomic E-state index is 6.01. The Balaban J connectivity index is 2.21. The molecule has 0 spiro atoms. The van der Waals surface area contributed by atoms with E-state index in [0.29, 0.717) is 4.83 Å². The number of benzene rings is 2. The highest BCUT2D eigenvalue weighted by atomic mass is 127. The molecule has 0 aliphatic rings. The van der Waals surface area contributed by atoms with E-state index in [9.17, 15) is 0 Å². The van der Waals surface area contributed by atoms with Crippen LogP contribution < -0.4 is 0 Å². The summed E-state index contributed by atoms with van der Waals surface area (Å²) in [7, 11) is 0. The van der Waals surface area contributed by atoms with Gasteiger partial charge in [-0.1, -0.05) is 55.6 Å². The SMILES string of the molecule is Clc1cccc(CC(Br)c2cc(Br)ccc2I)c1. The second kappa shape index (κ2) is 6.73. The first-order valence-corrected chi connectivity index (χ1v) is 8.56. The Bertz CT molecular complexity index is 557. The van der Waals surface area contributed by atoms with Crippen LogP contribution in [0.5, 0.6) is 0 Å². The van der Waals surface area contributed by atoms with E-state index in [1.54, 1.807) is 0 Å². The normalized spacial score (nSPS) is 12.4. The molecule has 0 N–H and O–H groups in total. The van der Waals surface area contributed by atoms with Crippen molar-refractivity contribution in [1.29, 1.82) is 0 Å². The van der Waals surface area contributed by atoms with Crippen molar-refractivity contribution >= 4 is 66.1 Å². The summed E-state index contributed by atoms with van der Waals surface area (Å²) in [4.78, 5) is 0.292. The largest absolute Gasteiger partial charge is 0.0843 e. The summed E-state index contributed by atoms with van der Waals surface area (Å²) in [5.74, 6) is 0. The molecule has 94 valence electrons. The molecule has 0 aliphatic heterocycles. The molecule has 0 heterocycles. The van der Waals surface area contributed by atoms with Gasteiger partial charge in [0.1, 0.15) is 0 Å². The first-order chi connectivity index (χ1) is 8.56. The van der Waals surface area contributed by atoms with E-state index >= 15 is 0 Å². The molecule has 0 fully saturated rings. The van der Waals surface area contributed by atoms with Gasteiger partial charge in [0.05, 0.1) is 0 Å². The fraction of sp³-hybridized carbons (Fsp3) is 0.143. The third-order valence-corrected chi connectivity index (χ3v) is 5.13. The zero-order valence-corrected chi connectivity index (χ0v) is 15.4. The molecule has 0 aliphatic carbocycles. The predicted octanol–water partition coefficient (Wildman–Crippen LogP) is 6.39. The van der Waals surface area contributed by atoms with Crippen LogP contribution in [0, 0.1) is 3.57 Å². The van der Waals surface area contributed by atoms with E-state index in [1.165, 1.54) is 14.7 Å². The van der Waals surface area contributed by atoms with E-state index in [0.717, 1.165) is 15.9 Å². The van der Waals surface area contributed by atoms with E-state index < -0.39 is 0 Å². The van der Waals surface area contributed by atoms with Crippen LogP contribution in [0.4, 0.5) is 0 Å². The number of rotatable bonds is 3. The predicted molar refractivity (Wildman–Crippen MR) is 93.7 cm³/mol. The highest BCUT2D eigenvalue weighted by molar-refractivity contribution is 14.1. The molecule has 0 saturated heterocycles. The lowest BCUT2D eigenvalue weighted by molar-refractivity contribution is 0.942. The fourth-order valence-electron chi connectivity index (χ4n) is 1.74. The van der Waals surface area contributed by atoms with Crippen LogP contribution >= 0.6 is 66.1 Å². The second-order valence-corrected chi connectivity index (χ2v) is 7.59. The average Bonchev–Trinajstić information content (AvgIpc) is 2.32. The van der Waals surface area contributed by atoms with Gasteiger partial charge in [-0.15, -0.1) is 0 Å². The Kier molecular flexibility index (Phi) is 5.54. The lowest BCUT2D eigenvalue weighted by Gasteiger charge is -2.13. The molecule has 0 bridgehead atoms. The van der Waals surface area contributed by atoms with E-state index in [4.69, 9.17) is 11.6 Å². The lowest BCUT2D eigenvalue weighted by atomic mass is 10.0. The molecule has 0 saturated carbocycles. The summed E-state index contributed by atoms with van der Waals surface area (Å²) in [5.41, 5.74) is 2.53. The van der Waals surface area contributed by atoms with Crippen molar-refractivity contribution in [3.8, 4) is 0 Å². The third-order valence-electron chi connectivity index (χ3n) is 2.60. The number of hydrogen-bond acceptors (Lipinski definition) is 0. The standard InChI is InChI=1S/C14H10Br2ClI/c15-10-4-5-14(18)12(8-10)13(16)7-9-2-1-3-11(17)6-9/h1-6,8,13H,7H2. The molecule has 2 rings (SSSR count). The molecule has 0 radical (unpaired) electrons. The quantitative estimate of drug-likeness (QED) is 0.339. The van der Waals surface area contributed by atoms with Gasteiger partial charge in [-0.25, -0.2) is 0 Å². The maximum Gasteiger partial charge on any atom is 0.0446 e. The summed E-state index contributed by atoms with van der Waals surface area (Å²) < 4.78 is 2.37. The van der Waals surface area contributed by atoms with Crippen molar-refractivity contribution in [2.75, 3.05) is 0 Å². The minimum atomic E-state index is 0.292. The van der Waals surface area contributed by atoms with Gasteiger partial charge in [0.25, 0.3) is 0 Å². The molecule has 0 amide bonds. The average molecular weight is 500 g/mol. The maximum absolute atomic E-state index is 6.01. The van der Waals surface area contributed by atoms with Crippen LogP contribution in [0.25, 0.3) is 0 Å². The van der Waals surface area contributed by atoms with Crippen molar-refractivity contribution < 1.29 is 0 Å². The molecule has 2 aromatic rings. The smallest absolute Gasteiger partial charge is 0.0446 e. The molecular weight excluding hydrogens is 490 g/mol. The van der Waals surface area contributed by atoms with Crippen LogP contribution in [0.15, 0.2) is 46.9 Å². The summed E-state index contributed by atoms with van der Waals surface area (Å²) in [6.45, 7) is 0. The molecule has 1 unspecified atom stereocenters. The van der Waals surface area contributed by atoms with Crippen LogP contribution in [0.3, 0.4) is 0 Å². The Labute approximate surface area is 143 Å². The van der Waals surface area contributed by atoms with Crippen molar-refractivity contribution in [1.82, 2.24) is 0 Å². The topological polar surface area (TPSA) is 0 Å². The van der Waals surface area contributed by atoms with Crippen molar-refractivity contribution in [3.63, 3.8) is 0 Å². The highest BCUT2D eigenvalue weighted by Gasteiger charge is 2.12. The summed E-state index contributed by atoms with van der Waals surface area (Å²) in [5, 5.41) is 0.788. The molecule has 18 heavy (non-hydrogen) atoms. The molecule has 1 atom stereocenters. The van der Waals surface area contributed by atoms with Crippen LogP contribution in [0.2, 0.25) is 5.02 Å². The van der Waals surface area contributed by atoms with Crippen molar-refractivity contribution in [2.24, 2.45) is 0 Å². The van der Waals surface area contributed by atoms with Gasteiger partial charge >= 0.3 is 0 Å². The van der Waals surface area contributed by atoms with E-state index in [-0.39, 0.29) is 0 Å². The minimum Gasteiger partial charge on any atom is -0.0843 e. The van der Waals surface area contributed by atoms with Crippen LogP contribution in [0.1, 0.15) is 16.0 Å². The molecular formula is C14H10Br2ClI. The Hall–Kier alpha value is 0.420. The molecule has 0 aromatic heterocycles. The van der Waals surface area contributed by atoms with E-state index in [2.05, 4.69) is 78.7 Å². The fourth-order valence-corrected chi connectivity index (χ4v) is 4.22. The molecule has 2 aromatic carbocycles. The van der Waals surface area contributed by atoms with Gasteiger partial charge in [-0.05, 0) is 70.5 Å². The van der Waals surface area contributed by atoms with Gasteiger partial charge in [-0.3, -0.25) is 0 Å². The van der Waals surface area contributed by atoms with Gasteiger partial charge in [-0.2, -0.15) is 0 Å². The second-order valence-electron chi connectivity index (χ2n) is 3.97. The van der Waals surface area contributed by atoms with Gasteiger partial charge in [0.2, 0.25) is 0 Å². The molecule has 4 heteroatoms. The zero-order valence-electron chi connectivity index (χ0n) is 9.34. The Morgan fingerprint density at radius 1 is 1.17 bits per heavy atom. The molecule has 0 nitrogen and oxygen atoms in total. The van der Waals surface area contributed by atoms with Gasteiger partial charge in [0.15, 0.2) is 0 Å². The van der Waals surface area contributed by atoms with Crippen LogP contribution in [-0.4, -0.2) is 0 Å². The number of alkyl halides is 1. The highest BCUT2D eigenvalue weighted by Crippen LogP contribution is 2.32. The number of halogens is 4. The third kappa shape index (κ3) is 3.95. The minimum absolute atomic E-state index is 0.292. The monoisotopic (exact) mass is 498 g/mol. The Morgan fingerprint density at radius 3 is 2.67 bits per heavy atom. The number of hydrogen-bond donors (Lipinski definition) is 0. The first kappa shape index (κ1) is 14.8. The lowest BCUT2D eigenvalue weighted by Crippen LogP contribution is -1.98. The first-order valence-electron chi connectivity index (χ1n) is 5.40. The van der Waals surface area contributed by atoms with Crippen molar-refractivity contribution in [3.05, 3.63) is 66.7 Å².